The van der Waals surface area contributed by atoms with Crippen LogP contribution >= 0.6 is 0 Å². The highest BCUT2D eigenvalue weighted by atomic mass is 16.6. The van der Waals surface area contributed by atoms with Crippen LogP contribution in [0.3, 0.4) is 0 Å². The van der Waals surface area contributed by atoms with Crippen molar-refractivity contribution in [2.24, 2.45) is 5.92 Å². The molecule has 3 N–H and O–H groups in total. The van der Waals surface area contributed by atoms with Crippen LogP contribution in [0, 0.1) is 5.92 Å². The largest absolute Gasteiger partial charge is 0.480 e. The highest BCUT2D eigenvalue weighted by molar-refractivity contribution is 5.84. The number of carbonyl (C=O) groups is 4. The molecular weight excluding hydrogens is 504 g/mol. The number of carboxylic acids is 1. The van der Waals surface area contributed by atoms with E-state index in [1.165, 1.54) is 0 Å². The number of esters is 1. The Hall–Kier alpha value is -4.08. The van der Waals surface area contributed by atoms with E-state index in [1.807, 2.05) is 55.5 Å². The molecule has 0 bridgehead atoms. The van der Waals surface area contributed by atoms with E-state index in [2.05, 4.69) is 10.6 Å². The average Bonchev–Trinajstić information content (AvgIpc) is 3.20. The first-order valence-corrected chi connectivity index (χ1v) is 12.9. The third kappa shape index (κ3) is 7.72. The van der Waals surface area contributed by atoms with Gasteiger partial charge in [-0.3, -0.25) is 0 Å². The standard InChI is InChI=1S/C29H36N2O8/c1-6-17(2)24(26(34)37-16-23(25(32)33)30-28(36)39-29(3,4)5)31-27(35)38-15-22-20-13-9-7-11-18(20)19-12-8-10-14-21(19)22/h7-14,17,22-24H,6,15-16H2,1-5H3,(H,30,36)(H,31,35)(H,32,33)/t17-,23-,24+/m0/s1. The maximum atomic E-state index is 12.9. The monoisotopic (exact) mass is 540 g/mol. The van der Waals surface area contributed by atoms with Crippen molar-refractivity contribution in [1.29, 1.82) is 0 Å². The van der Waals surface area contributed by atoms with Gasteiger partial charge in [-0.05, 0) is 48.9 Å². The van der Waals surface area contributed by atoms with Gasteiger partial charge in [-0.1, -0.05) is 68.8 Å². The number of benzene rings is 2. The van der Waals surface area contributed by atoms with Crippen LogP contribution in [0.1, 0.15) is 58.1 Å². The van der Waals surface area contributed by atoms with Crippen molar-refractivity contribution in [2.45, 2.75) is 64.6 Å². The number of alkyl carbamates (subject to hydrolysis) is 2. The van der Waals surface area contributed by atoms with Gasteiger partial charge >= 0.3 is 24.1 Å². The Kier molecular flexibility index (Phi) is 9.56. The van der Waals surface area contributed by atoms with Crippen LogP contribution in [0.4, 0.5) is 9.59 Å². The SMILES string of the molecule is CC[C@H](C)[C@@H](NC(=O)OCC1c2ccccc2-c2ccccc21)C(=O)OC[C@H](NC(=O)OC(C)(C)C)C(=O)O. The van der Waals surface area contributed by atoms with Crippen molar-refractivity contribution in [1.82, 2.24) is 10.6 Å². The molecule has 3 atom stereocenters. The number of hydrogen-bond acceptors (Lipinski definition) is 7. The summed E-state index contributed by atoms with van der Waals surface area (Å²) in [7, 11) is 0. The lowest BCUT2D eigenvalue weighted by Gasteiger charge is -2.24. The molecule has 1 aliphatic carbocycles. The molecule has 39 heavy (non-hydrogen) atoms. The van der Waals surface area contributed by atoms with Gasteiger partial charge in [0.05, 0.1) is 0 Å². The number of ether oxygens (including phenoxy) is 3. The van der Waals surface area contributed by atoms with Gasteiger partial charge < -0.3 is 30.0 Å². The van der Waals surface area contributed by atoms with Crippen LogP contribution in [0.25, 0.3) is 11.1 Å². The first kappa shape index (κ1) is 29.5. The minimum absolute atomic E-state index is 0.0725. The minimum atomic E-state index is -1.53. The van der Waals surface area contributed by atoms with E-state index < -0.39 is 48.4 Å². The Bertz CT molecular complexity index is 1160. The second-order valence-corrected chi connectivity index (χ2v) is 10.5. The minimum Gasteiger partial charge on any atom is -0.480 e. The number of rotatable bonds is 10. The first-order valence-electron chi connectivity index (χ1n) is 12.9. The maximum Gasteiger partial charge on any atom is 0.408 e. The van der Waals surface area contributed by atoms with E-state index in [-0.39, 0.29) is 18.4 Å². The molecule has 0 saturated heterocycles. The Balaban J connectivity index is 1.61. The molecule has 210 valence electrons. The molecule has 0 radical (unpaired) electrons. The number of amides is 2. The molecule has 2 amide bonds. The van der Waals surface area contributed by atoms with Crippen molar-refractivity contribution in [3.8, 4) is 11.1 Å². The van der Waals surface area contributed by atoms with E-state index >= 15 is 0 Å². The molecule has 0 unspecified atom stereocenters. The van der Waals surface area contributed by atoms with Gasteiger partial charge in [-0.2, -0.15) is 0 Å². The fraction of sp³-hybridized carbons (Fsp3) is 0.448. The zero-order valence-electron chi connectivity index (χ0n) is 22.9. The van der Waals surface area contributed by atoms with Crippen molar-refractivity contribution >= 4 is 24.1 Å². The Morgan fingerprint density at radius 1 is 0.897 bits per heavy atom. The Labute approximate surface area is 228 Å². The molecule has 0 fully saturated rings. The predicted molar refractivity (Wildman–Crippen MR) is 143 cm³/mol. The quantitative estimate of drug-likeness (QED) is 0.296. The summed E-state index contributed by atoms with van der Waals surface area (Å²) in [6.07, 6.45) is -1.22. The van der Waals surface area contributed by atoms with Gasteiger partial charge in [-0.15, -0.1) is 0 Å². The summed E-state index contributed by atoms with van der Waals surface area (Å²) in [6.45, 7) is 7.92. The summed E-state index contributed by atoms with van der Waals surface area (Å²) in [6, 6.07) is 13.3. The summed E-state index contributed by atoms with van der Waals surface area (Å²) in [5.41, 5.74) is 3.47. The van der Waals surface area contributed by atoms with Crippen molar-refractivity contribution in [3.63, 3.8) is 0 Å². The molecule has 10 nitrogen and oxygen atoms in total. The van der Waals surface area contributed by atoms with E-state index in [1.54, 1.807) is 27.7 Å². The molecule has 0 saturated carbocycles. The van der Waals surface area contributed by atoms with Gasteiger partial charge in [0.15, 0.2) is 6.04 Å². The number of aliphatic carboxylic acids is 1. The van der Waals surface area contributed by atoms with Crippen molar-refractivity contribution in [2.75, 3.05) is 13.2 Å². The first-order chi connectivity index (χ1) is 18.4. The summed E-state index contributed by atoms with van der Waals surface area (Å²) < 4.78 is 15.8. The highest BCUT2D eigenvalue weighted by Gasteiger charge is 2.33. The number of hydrogen-bond donors (Lipinski definition) is 3. The van der Waals surface area contributed by atoms with Crippen molar-refractivity contribution in [3.05, 3.63) is 59.7 Å². The lowest BCUT2D eigenvalue weighted by Crippen LogP contribution is -2.49. The van der Waals surface area contributed by atoms with Crippen LogP contribution in [0.2, 0.25) is 0 Å². The molecule has 1 aliphatic rings. The second-order valence-electron chi connectivity index (χ2n) is 10.5. The van der Waals surface area contributed by atoms with Gasteiger partial charge in [0.1, 0.15) is 24.9 Å². The third-order valence-electron chi connectivity index (χ3n) is 6.47. The molecule has 2 aromatic carbocycles. The lowest BCUT2D eigenvalue weighted by molar-refractivity contribution is -0.151. The van der Waals surface area contributed by atoms with Gasteiger partial charge in [0.2, 0.25) is 0 Å². The summed E-state index contributed by atoms with van der Waals surface area (Å²) in [4.78, 5) is 49.2. The van der Waals surface area contributed by atoms with E-state index in [9.17, 15) is 24.3 Å². The normalized spacial score (nSPS) is 14.7. The molecule has 0 aliphatic heterocycles. The van der Waals surface area contributed by atoms with Crippen LogP contribution < -0.4 is 10.6 Å². The lowest BCUT2D eigenvalue weighted by atomic mass is 9.98. The number of carbonyl (C=O) groups excluding carboxylic acids is 3. The van der Waals surface area contributed by atoms with Gasteiger partial charge in [0.25, 0.3) is 0 Å². The fourth-order valence-electron chi connectivity index (χ4n) is 4.32. The Morgan fingerprint density at radius 3 is 1.97 bits per heavy atom. The van der Waals surface area contributed by atoms with Crippen molar-refractivity contribution < 1.29 is 38.5 Å². The fourth-order valence-corrected chi connectivity index (χ4v) is 4.32. The molecule has 0 aromatic heterocycles. The molecule has 10 heteroatoms. The summed E-state index contributed by atoms with van der Waals surface area (Å²) >= 11 is 0. The van der Waals surface area contributed by atoms with E-state index in [4.69, 9.17) is 14.2 Å². The number of nitrogens with one attached hydrogen (secondary N) is 2. The number of carboxylic acid groups (broad SMARTS) is 1. The zero-order chi connectivity index (χ0) is 28.7. The maximum absolute atomic E-state index is 12.9. The molecule has 0 heterocycles. The zero-order valence-corrected chi connectivity index (χ0v) is 22.9. The topological polar surface area (TPSA) is 140 Å². The molecule has 3 rings (SSSR count). The third-order valence-corrected chi connectivity index (χ3v) is 6.47. The highest BCUT2D eigenvalue weighted by Crippen LogP contribution is 2.44. The smallest absolute Gasteiger partial charge is 0.408 e. The summed E-state index contributed by atoms with van der Waals surface area (Å²) in [5, 5.41) is 14.2. The molecule has 2 aromatic rings. The average molecular weight is 541 g/mol. The second kappa shape index (κ2) is 12.6. The van der Waals surface area contributed by atoms with Crippen LogP contribution in [-0.2, 0) is 23.8 Å². The van der Waals surface area contributed by atoms with E-state index in [0.717, 1.165) is 22.3 Å². The van der Waals surface area contributed by atoms with Gasteiger partial charge in [0, 0.05) is 5.92 Å². The van der Waals surface area contributed by atoms with Crippen LogP contribution in [-0.4, -0.2) is 60.1 Å². The van der Waals surface area contributed by atoms with Crippen LogP contribution in [0.15, 0.2) is 48.5 Å². The van der Waals surface area contributed by atoms with Crippen LogP contribution in [0.5, 0.6) is 0 Å². The van der Waals surface area contributed by atoms with Gasteiger partial charge in [-0.25, -0.2) is 19.2 Å². The Morgan fingerprint density at radius 2 is 1.46 bits per heavy atom. The van der Waals surface area contributed by atoms with E-state index in [0.29, 0.717) is 6.42 Å². The number of fused-ring (bicyclic) bond motifs is 3. The molecular formula is C29H36N2O8. The molecule has 0 spiro atoms. The summed E-state index contributed by atoms with van der Waals surface area (Å²) in [5.74, 6) is -2.72. The predicted octanol–water partition coefficient (Wildman–Crippen LogP) is 4.46.